The Kier molecular flexibility index (Phi) is 8.00. The van der Waals surface area contributed by atoms with Crippen LogP contribution in [0.5, 0.6) is 5.75 Å². The smallest absolute Gasteiger partial charge is 0.193 e. The van der Waals surface area contributed by atoms with Crippen LogP contribution < -0.4 is 10.2 Å². The maximum atomic E-state index is 10.1. The first-order valence-corrected chi connectivity index (χ1v) is 10.9. The van der Waals surface area contributed by atoms with Gasteiger partial charge in [0, 0.05) is 58.9 Å². The summed E-state index contributed by atoms with van der Waals surface area (Å²) < 4.78 is 5.54. The summed E-state index contributed by atoms with van der Waals surface area (Å²) in [6.45, 7) is 12.7. The average molecular weight is 404 g/mol. The number of guanidine groups is 1. The number of morpholine rings is 1. The Labute approximate surface area is 175 Å². The Hall–Kier alpha value is -1.99. The molecule has 2 saturated heterocycles. The number of piperazine rings is 1. The van der Waals surface area contributed by atoms with E-state index in [0.29, 0.717) is 17.7 Å². The van der Waals surface area contributed by atoms with Gasteiger partial charge in [0.15, 0.2) is 5.96 Å². The number of nitrogens with one attached hydrogen (secondary N) is 1. The van der Waals surface area contributed by atoms with E-state index in [1.54, 1.807) is 6.07 Å². The molecular formula is C22H37N5O2. The van der Waals surface area contributed by atoms with Crippen LogP contribution in [-0.4, -0.2) is 93.0 Å². The molecule has 1 aromatic rings. The molecular weight excluding hydrogens is 366 g/mol. The Morgan fingerprint density at radius 1 is 1.10 bits per heavy atom. The summed E-state index contributed by atoms with van der Waals surface area (Å²) in [4.78, 5) is 11.7. The number of benzene rings is 1. The van der Waals surface area contributed by atoms with Crippen LogP contribution in [0.4, 0.5) is 5.69 Å². The van der Waals surface area contributed by atoms with Crippen LogP contribution >= 0.6 is 0 Å². The lowest BCUT2D eigenvalue weighted by molar-refractivity contribution is 0.0131. The van der Waals surface area contributed by atoms with Crippen molar-refractivity contribution < 1.29 is 9.84 Å². The fraction of sp³-hybridized carbons (Fsp3) is 0.682. The number of anilines is 1. The van der Waals surface area contributed by atoms with E-state index in [1.165, 1.54) is 6.42 Å². The number of rotatable bonds is 6. The van der Waals surface area contributed by atoms with E-state index in [1.807, 2.05) is 25.2 Å². The van der Waals surface area contributed by atoms with Crippen molar-refractivity contribution in [3.63, 3.8) is 0 Å². The maximum absolute atomic E-state index is 10.1. The molecule has 1 atom stereocenters. The third-order valence-corrected chi connectivity index (χ3v) is 5.81. The second-order valence-electron chi connectivity index (χ2n) is 8.32. The minimum absolute atomic E-state index is 0.352. The van der Waals surface area contributed by atoms with E-state index in [4.69, 9.17) is 4.74 Å². The first kappa shape index (κ1) is 21.7. The second kappa shape index (κ2) is 10.7. The summed E-state index contributed by atoms with van der Waals surface area (Å²) in [7, 11) is 1.86. The highest BCUT2D eigenvalue weighted by atomic mass is 16.5. The third kappa shape index (κ3) is 6.00. The van der Waals surface area contributed by atoms with Gasteiger partial charge in [0.25, 0.3) is 0 Å². The summed E-state index contributed by atoms with van der Waals surface area (Å²) in [5.41, 5.74) is 0.916. The number of aliphatic imine (C=N–C) groups is 1. The molecule has 2 N–H and O–H groups in total. The van der Waals surface area contributed by atoms with E-state index in [0.717, 1.165) is 70.7 Å². The van der Waals surface area contributed by atoms with Gasteiger partial charge in [-0.05, 0) is 24.5 Å². The van der Waals surface area contributed by atoms with Crippen LogP contribution in [0, 0.1) is 5.92 Å². The second-order valence-corrected chi connectivity index (χ2v) is 8.32. The lowest BCUT2D eigenvalue weighted by Crippen LogP contribution is -2.55. The first-order valence-electron chi connectivity index (χ1n) is 10.9. The summed E-state index contributed by atoms with van der Waals surface area (Å²) in [6.07, 6.45) is 1.17. The van der Waals surface area contributed by atoms with E-state index in [9.17, 15) is 5.11 Å². The highest BCUT2D eigenvalue weighted by molar-refractivity contribution is 5.80. The largest absolute Gasteiger partial charge is 0.506 e. The normalized spacial score (nSPS) is 20.2. The van der Waals surface area contributed by atoms with Gasteiger partial charge in [-0.3, -0.25) is 9.89 Å². The van der Waals surface area contributed by atoms with Crippen molar-refractivity contribution in [3.05, 3.63) is 24.3 Å². The predicted octanol–water partition coefficient (Wildman–Crippen LogP) is 1.84. The van der Waals surface area contributed by atoms with Crippen molar-refractivity contribution in [2.24, 2.45) is 10.9 Å². The molecule has 3 rings (SSSR count). The fourth-order valence-corrected chi connectivity index (χ4v) is 4.28. The van der Waals surface area contributed by atoms with Crippen LogP contribution in [0.15, 0.2) is 29.3 Å². The number of phenols is 1. The molecule has 7 nitrogen and oxygen atoms in total. The zero-order valence-corrected chi connectivity index (χ0v) is 18.2. The number of aromatic hydroxyl groups is 1. The number of ether oxygens (including phenoxy) is 1. The van der Waals surface area contributed by atoms with Gasteiger partial charge in [0.2, 0.25) is 0 Å². The Morgan fingerprint density at radius 3 is 2.41 bits per heavy atom. The van der Waals surface area contributed by atoms with E-state index >= 15 is 0 Å². The molecule has 2 aliphatic rings. The zero-order chi connectivity index (χ0) is 20.6. The predicted molar refractivity (Wildman–Crippen MR) is 119 cm³/mol. The quantitative estimate of drug-likeness (QED) is 0.558. The number of phenolic OH excluding ortho intramolecular Hbond substituents is 1. The fourth-order valence-electron chi connectivity index (χ4n) is 4.28. The third-order valence-electron chi connectivity index (χ3n) is 5.81. The monoisotopic (exact) mass is 403 g/mol. The van der Waals surface area contributed by atoms with Crippen molar-refractivity contribution in [2.45, 2.75) is 26.3 Å². The van der Waals surface area contributed by atoms with Crippen molar-refractivity contribution >= 4 is 11.6 Å². The molecule has 2 heterocycles. The summed E-state index contributed by atoms with van der Waals surface area (Å²) in [5, 5.41) is 13.8. The average Bonchev–Trinajstić information content (AvgIpc) is 2.74. The van der Waals surface area contributed by atoms with Crippen molar-refractivity contribution in [1.82, 2.24) is 15.1 Å². The molecule has 0 saturated carbocycles. The van der Waals surface area contributed by atoms with E-state index in [-0.39, 0.29) is 0 Å². The number of hydrogen-bond acceptors (Lipinski definition) is 5. The molecule has 29 heavy (non-hydrogen) atoms. The summed E-state index contributed by atoms with van der Waals surface area (Å²) in [5.74, 6) is 1.99. The number of nitrogens with zero attached hydrogens (tertiary/aromatic N) is 4. The van der Waals surface area contributed by atoms with Gasteiger partial charge < -0.3 is 25.0 Å². The lowest BCUT2D eigenvalue weighted by atomic mass is 10.0. The molecule has 2 aliphatic heterocycles. The molecule has 0 bridgehead atoms. The van der Waals surface area contributed by atoms with Gasteiger partial charge in [-0.25, -0.2) is 0 Å². The van der Waals surface area contributed by atoms with Gasteiger partial charge in [-0.2, -0.15) is 0 Å². The van der Waals surface area contributed by atoms with Gasteiger partial charge >= 0.3 is 0 Å². The SMILES string of the molecule is CN=C(NCC(CC(C)C)N1CCOCC1)N1CCN(c2ccccc2O)CC1. The number of para-hydroxylation sites is 2. The topological polar surface area (TPSA) is 63.6 Å². The van der Waals surface area contributed by atoms with Gasteiger partial charge in [0.1, 0.15) is 5.75 Å². The summed E-state index contributed by atoms with van der Waals surface area (Å²) >= 11 is 0. The molecule has 0 radical (unpaired) electrons. The highest BCUT2D eigenvalue weighted by Crippen LogP contribution is 2.27. The molecule has 1 aromatic carbocycles. The summed E-state index contributed by atoms with van der Waals surface area (Å²) in [6, 6.07) is 8.07. The molecule has 0 spiro atoms. The maximum Gasteiger partial charge on any atom is 0.193 e. The Morgan fingerprint density at radius 2 is 1.79 bits per heavy atom. The lowest BCUT2D eigenvalue weighted by Gasteiger charge is -2.39. The van der Waals surface area contributed by atoms with E-state index in [2.05, 4.69) is 38.9 Å². The van der Waals surface area contributed by atoms with Gasteiger partial charge in [0.05, 0.1) is 18.9 Å². The molecule has 7 heteroatoms. The van der Waals surface area contributed by atoms with Crippen molar-refractivity contribution in [1.29, 1.82) is 0 Å². The first-order chi connectivity index (χ1) is 14.1. The molecule has 1 unspecified atom stereocenters. The standard InChI is InChI=1S/C22H37N5O2/c1-18(2)16-19(25-12-14-29-15-13-25)17-24-22(23-3)27-10-8-26(9-11-27)20-6-4-5-7-21(20)28/h4-7,18-19,28H,8-17H2,1-3H3,(H,23,24). The van der Waals surface area contributed by atoms with Crippen molar-refractivity contribution in [2.75, 3.05) is 71.0 Å². The Bertz CT molecular complexity index is 652. The molecule has 2 fully saturated rings. The number of hydrogen-bond donors (Lipinski definition) is 2. The zero-order valence-electron chi connectivity index (χ0n) is 18.2. The minimum atomic E-state index is 0.352. The van der Waals surface area contributed by atoms with E-state index < -0.39 is 0 Å². The van der Waals surface area contributed by atoms with Gasteiger partial charge in [-0.15, -0.1) is 0 Å². The minimum Gasteiger partial charge on any atom is -0.506 e. The van der Waals surface area contributed by atoms with Gasteiger partial charge in [-0.1, -0.05) is 26.0 Å². The van der Waals surface area contributed by atoms with Crippen LogP contribution in [0.2, 0.25) is 0 Å². The highest BCUT2D eigenvalue weighted by Gasteiger charge is 2.25. The van der Waals surface area contributed by atoms with Crippen LogP contribution in [0.25, 0.3) is 0 Å². The molecule has 162 valence electrons. The van der Waals surface area contributed by atoms with Crippen LogP contribution in [-0.2, 0) is 4.74 Å². The van der Waals surface area contributed by atoms with Crippen LogP contribution in [0.3, 0.4) is 0 Å². The molecule has 0 aromatic heterocycles. The Balaban J connectivity index is 1.53. The molecule has 0 aliphatic carbocycles. The van der Waals surface area contributed by atoms with Crippen molar-refractivity contribution in [3.8, 4) is 5.75 Å². The van der Waals surface area contributed by atoms with Crippen LogP contribution in [0.1, 0.15) is 20.3 Å². The molecule has 0 amide bonds.